The summed E-state index contributed by atoms with van der Waals surface area (Å²) in [5.41, 5.74) is 10.8. The van der Waals surface area contributed by atoms with E-state index in [2.05, 4.69) is 0 Å². The first kappa shape index (κ1) is 11.8. The summed E-state index contributed by atoms with van der Waals surface area (Å²) >= 11 is 0. The smallest absolute Gasteiger partial charge is 0.0728 e. The first-order valence-electron chi connectivity index (χ1n) is 4.45. The molecule has 6 N–H and O–H groups in total. The Bertz CT molecular complexity index is 99.2. The highest BCUT2D eigenvalue weighted by Gasteiger charge is 2.21. The van der Waals surface area contributed by atoms with Gasteiger partial charge in [0.25, 0.3) is 0 Å². The summed E-state index contributed by atoms with van der Waals surface area (Å²) < 4.78 is 0. The third kappa shape index (κ3) is 4.01. The van der Waals surface area contributed by atoms with Crippen LogP contribution < -0.4 is 11.5 Å². The first-order chi connectivity index (χ1) is 5.63. The summed E-state index contributed by atoms with van der Waals surface area (Å²) in [5, 5.41) is 18.7. The SMILES string of the molecule is CCCC(O)C(N)C(O)CCN. The van der Waals surface area contributed by atoms with Gasteiger partial charge in [0, 0.05) is 0 Å². The number of aliphatic hydroxyl groups excluding tert-OH is 2. The van der Waals surface area contributed by atoms with Crippen LogP contribution in [0, 0.1) is 0 Å². The van der Waals surface area contributed by atoms with E-state index < -0.39 is 18.2 Å². The van der Waals surface area contributed by atoms with Crippen LogP contribution in [0.2, 0.25) is 0 Å². The quantitative estimate of drug-likeness (QED) is 0.425. The molecule has 0 aromatic heterocycles. The van der Waals surface area contributed by atoms with Crippen molar-refractivity contribution in [3.05, 3.63) is 0 Å². The minimum atomic E-state index is -0.684. The van der Waals surface area contributed by atoms with Crippen LogP contribution in [0.1, 0.15) is 26.2 Å². The van der Waals surface area contributed by atoms with Gasteiger partial charge >= 0.3 is 0 Å². The number of aliphatic hydroxyl groups is 2. The fourth-order valence-corrected chi connectivity index (χ4v) is 1.11. The van der Waals surface area contributed by atoms with Crippen LogP contribution in [-0.4, -0.2) is 35.0 Å². The standard InChI is InChI=1S/C8H20N2O2/c1-2-3-6(11)8(10)7(12)4-5-9/h6-8,11-12H,2-5,9-10H2,1H3. The van der Waals surface area contributed by atoms with E-state index in [1.54, 1.807) is 0 Å². The summed E-state index contributed by atoms with van der Waals surface area (Å²) in [6.45, 7) is 2.36. The fourth-order valence-electron chi connectivity index (χ4n) is 1.11. The van der Waals surface area contributed by atoms with Crippen LogP contribution in [0.15, 0.2) is 0 Å². The average Bonchev–Trinajstić information content (AvgIpc) is 2.04. The van der Waals surface area contributed by atoms with Crippen LogP contribution in [0.25, 0.3) is 0 Å². The van der Waals surface area contributed by atoms with E-state index in [-0.39, 0.29) is 0 Å². The van der Waals surface area contributed by atoms with E-state index in [9.17, 15) is 10.2 Å². The van der Waals surface area contributed by atoms with Crippen molar-refractivity contribution in [1.29, 1.82) is 0 Å². The Morgan fingerprint density at radius 3 is 2.08 bits per heavy atom. The van der Waals surface area contributed by atoms with Crippen molar-refractivity contribution in [2.45, 2.75) is 44.4 Å². The Morgan fingerprint density at radius 2 is 1.67 bits per heavy atom. The van der Waals surface area contributed by atoms with Gasteiger partial charge in [-0.15, -0.1) is 0 Å². The van der Waals surface area contributed by atoms with Crippen molar-refractivity contribution < 1.29 is 10.2 Å². The molecule has 3 unspecified atom stereocenters. The molecule has 0 aromatic carbocycles. The van der Waals surface area contributed by atoms with Gasteiger partial charge in [-0.25, -0.2) is 0 Å². The van der Waals surface area contributed by atoms with Gasteiger partial charge in [-0.2, -0.15) is 0 Å². The molecular weight excluding hydrogens is 156 g/mol. The lowest BCUT2D eigenvalue weighted by atomic mass is 10.00. The molecule has 0 aliphatic heterocycles. The summed E-state index contributed by atoms with van der Waals surface area (Å²) in [5.74, 6) is 0. The van der Waals surface area contributed by atoms with Crippen molar-refractivity contribution >= 4 is 0 Å². The highest BCUT2D eigenvalue weighted by atomic mass is 16.3. The van der Waals surface area contributed by atoms with Crippen LogP contribution in [0.3, 0.4) is 0 Å². The molecule has 0 amide bonds. The Kier molecular flexibility index (Phi) is 6.28. The average molecular weight is 176 g/mol. The zero-order chi connectivity index (χ0) is 9.56. The third-order valence-electron chi connectivity index (χ3n) is 1.94. The maximum Gasteiger partial charge on any atom is 0.0728 e. The molecule has 0 heterocycles. The molecule has 3 atom stereocenters. The molecule has 12 heavy (non-hydrogen) atoms. The Morgan fingerprint density at radius 1 is 1.17 bits per heavy atom. The van der Waals surface area contributed by atoms with Crippen molar-refractivity contribution in [3.8, 4) is 0 Å². The van der Waals surface area contributed by atoms with Crippen LogP contribution in [0.5, 0.6) is 0 Å². The molecule has 0 aromatic rings. The molecule has 0 saturated carbocycles. The van der Waals surface area contributed by atoms with Crippen molar-refractivity contribution in [2.24, 2.45) is 11.5 Å². The van der Waals surface area contributed by atoms with Gasteiger partial charge in [0.1, 0.15) is 0 Å². The van der Waals surface area contributed by atoms with Gasteiger partial charge in [-0.3, -0.25) is 0 Å². The van der Waals surface area contributed by atoms with Gasteiger partial charge in [0.05, 0.1) is 18.2 Å². The monoisotopic (exact) mass is 176 g/mol. The van der Waals surface area contributed by atoms with Gasteiger partial charge in [0.2, 0.25) is 0 Å². The lowest BCUT2D eigenvalue weighted by Crippen LogP contribution is -2.45. The Labute approximate surface area is 73.6 Å². The summed E-state index contributed by atoms with van der Waals surface area (Å²) in [4.78, 5) is 0. The molecule has 0 fully saturated rings. The second-order valence-electron chi connectivity index (χ2n) is 3.08. The molecule has 0 spiro atoms. The molecule has 0 aliphatic carbocycles. The largest absolute Gasteiger partial charge is 0.391 e. The summed E-state index contributed by atoms with van der Waals surface area (Å²) in [6.07, 6.45) is 0.641. The lowest BCUT2D eigenvalue weighted by molar-refractivity contribution is 0.0477. The Hall–Kier alpha value is -0.160. The third-order valence-corrected chi connectivity index (χ3v) is 1.94. The number of nitrogens with two attached hydrogens (primary N) is 2. The zero-order valence-electron chi connectivity index (χ0n) is 7.61. The van der Waals surface area contributed by atoms with E-state index >= 15 is 0 Å². The summed E-state index contributed by atoms with van der Waals surface area (Å²) in [6, 6.07) is -0.562. The molecule has 74 valence electrons. The highest BCUT2D eigenvalue weighted by molar-refractivity contribution is 4.79. The second-order valence-corrected chi connectivity index (χ2v) is 3.08. The van der Waals surface area contributed by atoms with Gasteiger partial charge in [-0.1, -0.05) is 13.3 Å². The van der Waals surface area contributed by atoms with Gasteiger partial charge in [-0.05, 0) is 19.4 Å². The van der Waals surface area contributed by atoms with Crippen LogP contribution in [0.4, 0.5) is 0 Å². The normalized spacial score (nSPS) is 18.8. The highest BCUT2D eigenvalue weighted by Crippen LogP contribution is 2.06. The molecule has 0 saturated heterocycles. The van der Waals surface area contributed by atoms with Crippen molar-refractivity contribution in [2.75, 3.05) is 6.54 Å². The molecule has 0 radical (unpaired) electrons. The maximum atomic E-state index is 9.39. The molecule has 4 nitrogen and oxygen atoms in total. The summed E-state index contributed by atoms with van der Waals surface area (Å²) in [7, 11) is 0. The Balaban J connectivity index is 3.73. The molecular formula is C8H20N2O2. The molecule has 0 bridgehead atoms. The maximum absolute atomic E-state index is 9.39. The van der Waals surface area contributed by atoms with E-state index in [4.69, 9.17) is 11.5 Å². The minimum absolute atomic E-state index is 0.397. The van der Waals surface area contributed by atoms with E-state index in [1.165, 1.54) is 0 Å². The van der Waals surface area contributed by atoms with E-state index in [0.717, 1.165) is 6.42 Å². The number of hydrogen-bond acceptors (Lipinski definition) is 4. The topological polar surface area (TPSA) is 92.5 Å². The van der Waals surface area contributed by atoms with Crippen molar-refractivity contribution in [1.82, 2.24) is 0 Å². The number of rotatable bonds is 6. The molecule has 4 heteroatoms. The van der Waals surface area contributed by atoms with Gasteiger partial charge in [0.15, 0.2) is 0 Å². The predicted molar refractivity (Wildman–Crippen MR) is 48.6 cm³/mol. The minimum Gasteiger partial charge on any atom is -0.391 e. The van der Waals surface area contributed by atoms with Gasteiger partial charge < -0.3 is 21.7 Å². The number of hydrogen-bond donors (Lipinski definition) is 4. The fraction of sp³-hybridized carbons (Fsp3) is 1.00. The van der Waals surface area contributed by atoms with Crippen molar-refractivity contribution in [3.63, 3.8) is 0 Å². The predicted octanol–water partition coefficient (Wildman–Crippen LogP) is -0.816. The second kappa shape index (κ2) is 6.37. The van der Waals surface area contributed by atoms with Crippen LogP contribution in [-0.2, 0) is 0 Å². The van der Waals surface area contributed by atoms with E-state index in [0.29, 0.717) is 19.4 Å². The molecule has 0 aliphatic rings. The zero-order valence-corrected chi connectivity index (χ0v) is 7.61. The van der Waals surface area contributed by atoms with Crippen LogP contribution >= 0.6 is 0 Å². The van der Waals surface area contributed by atoms with E-state index in [1.807, 2.05) is 6.92 Å². The lowest BCUT2D eigenvalue weighted by Gasteiger charge is -2.23. The first-order valence-corrected chi connectivity index (χ1v) is 4.45. The molecule has 0 rings (SSSR count).